The molecule has 0 aliphatic carbocycles. The summed E-state index contributed by atoms with van der Waals surface area (Å²) in [7, 11) is 1.51. The highest BCUT2D eigenvalue weighted by Crippen LogP contribution is 2.22. The van der Waals surface area contributed by atoms with E-state index in [1.165, 1.54) is 13.3 Å². The van der Waals surface area contributed by atoms with Crippen molar-refractivity contribution in [1.82, 2.24) is 5.43 Å². The van der Waals surface area contributed by atoms with E-state index in [1.807, 2.05) is 18.2 Å². The molecule has 0 saturated heterocycles. The Morgan fingerprint density at radius 3 is 2.83 bits per heavy atom. The summed E-state index contributed by atoms with van der Waals surface area (Å²) in [4.78, 5) is 12.2. The summed E-state index contributed by atoms with van der Waals surface area (Å²) in [5.74, 6) is 0.781. The predicted molar refractivity (Wildman–Crippen MR) is 97.9 cm³/mol. The Hall–Kier alpha value is -2.60. The number of nitrogens with zero attached hydrogens (tertiary/aromatic N) is 1. The van der Waals surface area contributed by atoms with E-state index in [-0.39, 0.29) is 5.91 Å². The molecule has 2 rings (SSSR count). The van der Waals surface area contributed by atoms with E-state index in [1.54, 1.807) is 30.3 Å². The van der Waals surface area contributed by atoms with Gasteiger partial charge >= 0.3 is 0 Å². The standard InChI is InChI=1S/C18H17BrN2O3/c1-3-10-24-16-9-8-14(19)11-13(16)12-20-21-18(22)15-6-4-5-7-17(15)23-2/h3-9,11-12H,1,10H2,2H3,(H,21,22)/b20-12-. The number of carbonyl (C=O) groups is 1. The normalized spacial score (nSPS) is 10.4. The Kier molecular flexibility index (Phi) is 6.57. The van der Waals surface area contributed by atoms with Crippen molar-refractivity contribution in [3.8, 4) is 11.5 Å². The highest BCUT2D eigenvalue weighted by atomic mass is 79.9. The minimum absolute atomic E-state index is 0.354. The van der Waals surface area contributed by atoms with Crippen LogP contribution in [0.3, 0.4) is 0 Å². The number of hydrogen-bond donors (Lipinski definition) is 1. The summed E-state index contributed by atoms with van der Waals surface area (Å²) in [5.41, 5.74) is 3.62. The van der Waals surface area contributed by atoms with Crippen LogP contribution in [0.15, 0.2) is 64.7 Å². The maximum atomic E-state index is 12.2. The van der Waals surface area contributed by atoms with Crippen molar-refractivity contribution in [2.75, 3.05) is 13.7 Å². The molecule has 0 aromatic heterocycles. The van der Waals surface area contributed by atoms with Gasteiger partial charge in [0.05, 0.1) is 18.9 Å². The first-order valence-corrected chi connectivity index (χ1v) is 7.94. The van der Waals surface area contributed by atoms with Crippen molar-refractivity contribution in [2.45, 2.75) is 0 Å². The van der Waals surface area contributed by atoms with Crippen molar-refractivity contribution in [2.24, 2.45) is 5.10 Å². The van der Waals surface area contributed by atoms with Crippen LogP contribution in [0.25, 0.3) is 0 Å². The van der Waals surface area contributed by atoms with Gasteiger partial charge in [-0.25, -0.2) is 5.43 Å². The summed E-state index contributed by atoms with van der Waals surface area (Å²) in [6.45, 7) is 4.01. The quantitative estimate of drug-likeness (QED) is 0.445. The molecule has 24 heavy (non-hydrogen) atoms. The predicted octanol–water partition coefficient (Wildman–Crippen LogP) is 3.79. The number of amides is 1. The molecule has 0 radical (unpaired) electrons. The molecule has 0 heterocycles. The second-order valence-electron chi connectivity index (χ2n) is 4.68. The van der Waals surface area contributed by atoms with Crippen molar-refractivity contribution in [1.29, 1.82) is 0 Å². The molecule has 1 N–H and O–H groups in total. The largest absolute Gasteiger partial charge is 0.496 e. The number of halogens is 1. The number of nitrogens with one attached hydrogen (secondary N) is 1. The number of methoxy groups -OCH3 is 1. The van der Waals surface area contributed by atoms with Gasteiger partial charge in [0.25, 0.3) is 5.91 Å². The van der Waals surface area contributed by atoms with Gasteiger partial charge in [0.2, 0.25) is 0 Å². The summed E-state index contributed by atoms with van der Waals surface area (Å²) >= 11 is 3.40. The summed E-state index contributed by atoms with van der Waals surface area (Å²) < 4.78 is 11.6. The van der Waals surface area contributed by atoms with E-state index in [9.17, 15) is 4.79 Å². The number of hydrogen-bond acceptors (Lipinski definition) is 4. The molecule has 6 heteroatoms. The molecule has 0 fully saturated rings. The van der Waals surface area contributed by atoms with Crippen molar-refractivity contribution in [3.05, 3.63) is 70.7 Å². The van der Waals surface area contributed by atoms with Crippen LogP contribution in [0.4, 0.5) is 0 Å². The Morgan fingerprint density at radius 1 is 1.29 bits per heavy atom. The fourth-order valence-corrected chi connectivity index (χ4v) is 2.33. The smallest absolute Gasteiger partial charge is 0.275 e. The fraction of sp³-hybridized carbons (Fsp3) is 0.111. The van der Waals surface area contributed by atoms with Crippen molar-refractivity contribution < 1.29 is 14.3 Å². The van der Waals surface area contributed by atoms with Crippen LogP contribution in [0.5, 0.6) is 11.5 Å². The molecule has 1 amide bonds. The molecular weight excluding hydrogens is 372 g/mol. The molecule has 0 aliphatic rings. The Balaban J connectivity index is 2.12. The van der Waals surface area contributed by atoms with Gasteiger partial charge in [-0.1, -0.05) is 40.7 Å². The van der Waals surface area contributed by atoms with Gasteiger partial charge < -0.3 is 9.47 Å². The molecule has 0 saturated carbocycles. The number of carbonyl (C=O) groups excluding carboxylic acids is 1. The number of para-hydroxylation sites is 1. The van der Waals surface area contributed by atoms with E-state index >= 15 is 0 Å². The molecule has 124 valence electrons. The van der Waals surface area contributed by atoms with Crippen LogP contribution in [-0.2, 0) is 0 Å². The van der Waals surface area contributed by atoms with Crippen LogP contribution >= 0.6 is 15.9 Å². The van der Waals surface area contributed by atoms with E-state index in [0.717, 1.165) is 10.0 Å². The molecule has 0 bridgehead atoms. The van der Waals surface area contributed by atoms with Gasteiger partial charge in [0.1, 0.15) is 18.1 Å². The van der Waals surface area contributed by atoms with Crippen molar-refractivity contribution >= 4 is 28.1 Å². The molecule has 5 nitrogen and oxygen atoms in total. The zero-order chi connectivity index (χ0) is 17.4. The maximum absolute atomic E-state index is 12.2. The minimum atomic E-state index is -0.354. The lowest BCUT2D eigenvalue weighted by atomic mass is 10.2. The minimum Gasteiger partial charge on any atom is -0.496 e. The molecule has 0 spiro atoms. The van der Waals surface area contributed by atoms with E-state index in [4.69, 9.17) is 9.47 Å². The summed E-state index contributed by atoms with van der Waals surface area (Å²) in [6.07, 6.45) is 3.18. The Labute approximate surface area is 149 Å². The van der Waals surface area contributed by atoms with Crippen molar-refractivity contribution in [3.63, 3.8) is 0 Å². The maximum Gasteiger partial charge on any atom is 0.275 e. The van der Waals surface area contributed by atoms with E-state index in [0.29, 0.717) is 23.7 Å². The third-order valence-electron chi connectivity index (χ3n) is 3.05. The zero-order valence-corrected chi connectivity index (χ0v) is 14.7. The zero-order valence-electron chi connectivity index (χ0n) is 13.2. The fourth-order valence-electron chi connectivity index (χ4n) is 1.95. The number of rotatable bonds is 7. The lowest BCUT2D eigenvalue weighted by Crippen LogP contribution is -2.18. The van der Waals surface area contributed by atoms with Crippen LogP contribution < -0.4 is 14.9 Å². The second kappa shape index (κ2) is 8.88. The van der Waals surface area contributed by atoms with Gasteiger partial charge in [0, 0.05) is 10.0 Å². The average molecular weight is 389 g/mol. The monoisotopic (exact) mass is 388 g/mol. The lowest BCUT2D eigenvalue weighted by Gasteiger charge is -2.08. The topological polar surface area (TPSA) is 59.9 Å². The molecule has 2 aromatic rings. The molecule has 2 aromatic carbocycles. The lowest BCUT2D eigenvalue weighted by molar-refractivity contribution is 0.0952. The Morgan fingerprint density at radius 2 is 2.08 bits per heavy atom. The highest BCUT2D eigenvalue weighted by Gasteiger charge is 2.10. The molecule has 0 atom stereocenters. The molecule has 0 unspecified atom stereocenters. The molecular formula is C18H17BrN2O3. The van der Waals surface area contributed by atoms with Crippen LogP contribution in [0.1, 0.15) is 15.9 Å². The molecule has 0 aliphatic heterocycles. The number of benzene rings is 2. The SMILES string of the molecule is C=CCOc1ccc(Br)cc1/C=N\NC(=O)c1ccccc1OC. The highest BCUT2D eigenvalue weighted by molar-refractivity contribution is 9.10. The van der Waals surface area contributed by atoms with Gasteiger partial charge in [-0.15, -0.1) is 0 Å². The van der Waals surface area contributed by atoms with E-state index < -0.39 is 0 Å². The average Bonchev–Trinajstić information content (AvgIpc) is 2.61. The van der Waals surface area contributed by atoms with E-state index in [2.05, 4.69) is 33.0 Å². The van der Waals surface area contributed by atoms with Crippen LogP contribution in [0.2, 0.25) is 0 Å². The third-order valence-corrected chi connectivity index (χ3v) is 3.54. The first-order valence-electron chi connectivity index (χ1n) is 7.15. The number of ether oxygens (including phenoxy) is 2. The van der Waals surface area contributed by atoms with Gasteiger partial charge in [-0.3, -0.25) is 4.79 Å². The Bertz CT molecular complexity index is 760. The van der Waals surface area contributed by atoms with Crippen LogP contribution in [0, 0.1) is 0 Å². The first kappa shape index (κ1) is 17.7. The van der Waals surface area contributed by atoms with Gasteiger partial charge in [-0.2, -0.15) is 5.10 Å². The number of hydrazone groups is 1. The van der Waals surface area contributed by atoms with Gasteiger partial charge in [-0.05, 0) is 30.3 Å². The third kappa shape index (κ3) is 4.70. The van der Waals surface area contributed by atoms with Gasteiger partial charge in [0.15, 0.2) is 0 Å². The van der Waals surface area contributed by atoms with Crippen LogP contribution in [-0.4, -0.2) is 25.8 Å². The summed E-state index contributed by atoms with van der Waals surface area (Å²) in [6, 6.07) is 12.5. The summed E-state index contributed by atoms with van der Waals surface area (Å²) in [5, 5.41) is 4.00. The first-order chi connectivity index (χ1) is 11.7. The second-order valence-corrected chi connectivity index (χ2v) is 5.60.